The number of nitrogens with zero attached hydrogens (tertiary/aromatic N) is 2. The molecule has 1 aliphatic carbocycles. The molecule has 3 N–H and O–H groups in total. The van der Waals surface area contributed by atoms with Gasteiger partial charge in [-0.2, -0.15) is 0 Å². The van der Waals surface area contributed by atoms with E-state index < -0.39 is 0 Å². The first-order valence-corrected chi connectivity index (χ1v) is 7.87. The molecule has 0 unspecified atom stereocenters. The van der Waals surface area contributed by atoms with Crippen LogP contribution in [0.2, 0.25) is 0 Å². The van der Waals surface area contributed by atoms with Gasteiger partial charge in [0, 0.05) is 12.1 Å². The lowest BCUT2D eigenvalue weighted by molar-refractivity contribution is 0.462. The van der Waals surface area contributed by atoms with Gasteiger partial charge in [-0.1, -0.05) is 19.1 Å². The molecule has 0 radical (unpaired) electrons. The number of anilines is 1. The zero-order chi connectivity index (χ0) is 15.4. The highest BCUT2D eigenvalue weighted by molar-refractivity contribution is 5.93. The Morgan fingerprint density at radius 2 is 2.23 bits per heavy atom. The van der Waals surface area contributed by atoms with Crippen molar-refractivity contribution in [3.8, 4) is 0 Å². The van der Waals surface area contributed by atoms with Crippen LogP contribution in [0.15, 0.2) is 33.8 Å². The molecule has 0 atom stereocenters. The summed E-state index contributed by atoms with van der Waals surface area (Å²) in [5.41, 5.74) is 9.88. The molecule has 22 heavy (non-hydrogen) atoms. The molecule has 2 aromatic rings. The predicted octanol–water partition coefficient (Wildman–Crippen LogP) is 3.04. The van der Waals surface area contributed by atoms with Crippen LogP contribution in [-0.2, 0) is 25.8 Å². The lowest BCUT2D eigenvalue weighted by Gasteiger charge is -2.19. The number of rotatable bonds is 4. The normalized spacial score (nSPS) is 14.7. The van der Waals surface area contributed by atoms with Gasteiger partial charge in [-0.25, -0.2) is 9.98 Å². The average Bonchev–Trinajstić information content (AvgIpc) is 3.01. The van der Waals surface area contributed by atoms with E-state index in [1.807, 2.05) is 6.92 Å². The van der Waals surface area contributed by atoms with E-state index >= 15 is 0 Å². The minimum Gasteiger partial charge on any atom is -0.444 e. The Balaban J connectivity index is 1.68. The number of oxazole rings is 1. The van der Waals surface area contributed by atoms with Gasteiger partial charge in [0.1, 0.15) is 12.3 Å². The molecule has 116 valence electrons. The molecule has 5 heteroatoms. The molecular formula is C17H22N4O. The van der Waals surface area contributed by atoms with Crippen LogP contribution in [0.25, 0.3) is 0 Å². The van der Waals surface area contributed by atoms with Gasteiger partial charge in [-0.15, -0.1) is 0 Å². The Bertz CT molecular complexity index is 675. The largest absolute Gasteiger partial charge is 0.444 e. The van der Waals surface area contributed by atoms with Crippen molar-refractivity contribution < 1.29 is 4.42 Å². The number of hydrogen-bond acceptors (Lipinski definition) is 3. The summed E-state index contributed by atoms with van der Waals surface area (Å²) in [6.07, 6.45) is 7.26. The minimum absolute atomic E-state index is 0.404. The highest BCUT2D eigenvalue weighted by Gasteiger charge is 2.13. The fraction of sp³-hybridized carbons (Fsp3) is 0.412. The maximum absolute atomic E-state index is 6.00. The Labute approximate surface area is 130 Å². The van der Waals surface area contributed by atoms with Crippen molar-refractivity contribution in [1.29, 1.82) is 0 Å². The van der Waals surface area contributed by atoms with Gasteiger partial charge in [0.2, 0.25) is 0 Å². The summed E-state index contributed by atoms with van der Waals surface area (Å²) in [6, 6.07) is 6.34. The summed E-state index contributed by atoms with van der Waals surface area (Å²) >= 11 is 0. The molecule has 0 fully saturated rings. The first kappa shape index (κ1) is 14.6. The van der Waals surface area contributed by atoms with Gasteiger partial charge in [-0.05, 0) is 42.9 Å². The molecule has 0 saturated carbocycles. The smallest absolute Gasteiger partial charge is 0.194 e. The van der Waals surface area contributed by atoms with E-state index in [0.29, 0.717) is 12.5 Å². The third-order valence-electron chi connectivity index (χ3n) is 3.97. The number of benzene rings is 1. The molecule has 1 aliphatic rings. The first-order valence-electron chi connectivity index (χ1n) is 7.87. The van der Waals surface area contributed by atoms with Gasteiger partial charge >= 0.3 is 0 Å². The molecule has 1 aromatic carbocycles. The van der Waals surface area contributed by atoms with Crippen molar-refractivity contribution in [3.05, 3.63) is 47.2 Å². The van der Waals surface area contributed by atoms with Crippen molar-refractivity contribution in [2.24, 2.45) is 10.7 Å². The van der Waals surface area contributed by atoms with Crippen LogP contribution < -0.4 is 11.1 Å². The molecule has 0 saturated heterocycles. The first-order chi connectivity index (χ1) is 10.8. The number of aliphatic imine (C=N–C) groups is 1. The van der Waals surface area contributed by atoms with Crippen LogP contribution >= 0.6 is 0 Å². The SMILES string of the molecule is CCc1ncc(CN=C(N)Nc2cccc3c2CCCC3)o1. The monoisotopic (exact) mass is 298 g/mol. The molecule has 0 bridgehead atoms. The van der Waals surface area contributed by atoms with Gasteiger partial charge < -0.3 is 15.5 Å². The molecule has 0 aliphatic heterocycles. The van der Waals surface area contributed by atoms with E-state index in [0.717, 1.165) is 36.6 Å². The fourth-order valence-corrected chi connectivity index (χ4v) is 2.82. The lowest BCUT2D eigenvalue weighted by atomic mass is 9.90. The Morgan fingerprint density at radius 3 is 3.05 bits per heavy atom. The molecule has 5 nitrogen and oxygen atoms in total. The Kier molecular flexibility index (Phi) is 4.42. The highest BCUT2D eigenvalue weighted by Crippen LogP contribution is 2.27. The number of guanidine groups is 1. The van der Waals surface area contributed by atoms with Gasteiger partial charge in [0.25, 0.3) is 0 Å². The minimum atomic E-state index is 0.404. The number of fused-ring (bicyclic) bond motifs is 1. The quantitative estimate of drug-likeness (QED) is 0.672. The van der Waals surface area contributed by atoms with Crippen molar-refractivity contribution in [2.75, 3.05) is 5.32 Å². The van der Waals surface area contributed by atoms with Crippen LogP contribution in [0.4, 0.5) is 5.69 Å². The lowest BCUT2D eigenvalue weighted by Crippen LogP contribution is -2.24. The van der Waals surface area contributed by atoms with E-state index in [9.17, 15) is 0 Å². The van der Waals surface area contributed by atoms with Crippen molar-refractivity contribution >= 4 is 11.6 Å². The topological polar surface area (TPSA) is 76.4 Å². The predicted molar refractivity (Wildman–Crippen MR) is 87.9 cm³/mol. The van der Waals surface area contributed by atoms with Crippen LogP contribution in [0.5, 0.6) is 0 Å². The average molecular weight is 298 g/mol. The van der Waals surface area contributed by atoms with E-state index in [4.69, 9.17) is 10.2 Å². The Hall–Kier alpha value is -2.30. The number of nitrogens with one attached hydrogen (secondary N) is 1. The van der Waals surface area contributed by atoms with Gasteiger partial charge in [-0.3, -0.25) is 0 Å². The molecule has 3 rings (SSSR count). The zero-order valence-electron chi connectivity index (χ0n) is 12.9. The summed E-state index contributed by atoms with van der Waals surface area (Å²) in [4.78, 5) is 8.49. The van der Waals surface area contributed by atoms with Gasteiger partial charge in [0.05, 0.1) is 6.20 Å². The zero-order valence-corrected chi connectivity index (χ0v) is 12.9. The van der Waals surface area contributed by atoms with Crippen LogP contribution in [0, 0.1) is 0 Å². The summed E-state index contributed by atoms with van der Waals surface area (Å²) in [5.74, 6) is 1.87. The van der Waals surface area contributed by atoms with E-state index in [1.165, 1.54) is 24.0 Å². The van der Waals surface area contributed by atoms with Crippen molar-refractivity contribution in [3.63, 3.8) is 0 Å². The van der Waals surface area contributed by atoms with E-state index in [1.54, 1.807) is 6.20 Å². The third kappa shape index (κ3) is 3.30. The van der Waals surface area contributed by atoms with E-state index in [2.05, 4.69) is 33.5 Å². The molecular weight excluding hydrogens is 276 g/mol. The van der Waals surface area contributed by atoms with Crippen molar-refractivity contribution in [2.45, 2.75) is 45.6 Å². The summed E-state index contributed by atoms with van der Waals surface area (Å²) in [6.45, 7) is 2.41. The van der Waals surface area contributed by atoms with E-state index in [-0.39, 0.29) is 0 Å². The maximum Gasteiger partial charge on any atom is 0.194 e. The maximum atomic E-state index is 6.00. The molecule has 1 heterocycles. The number of nitrogens with two attached hydrogens (primary N) is 1. The number of aromatic nitrogens is 1. The standard InChI is InChI=1S/C17H22N4O/c1-2-16-19-10-13(22-16)11-20-17(18)21-15-9-5-7-12-6-3-4-8-14(12)15/h5,7,9-10H,2-4,6,8,11H2,1H3,(H3,18,20,21). The summed E-state index contributed by atoms with van der Waals surface area (Å²) in [7, 11) is 0. The molecule has 0 spiro atoms. The Morgan fingerprint density at radius 1 is 1.36 bits per heavy atom. The second-order valence-electron chi connectivity index (χ2n) is 5.55. The highest BCUT2D eigenvalue weighted by atomic mass is 16.4. The second kappa shape index (κ2) is 6.64. The van der Waals surface area contributed by atoms with Crippen LogP contribution in [0.3, 0.4) is 0 Å². The molecule has 0 amide bonds. The van der Waals surface area contributed by atoms with Crippen LogP contribution in [-0.4, -0.2) is 10.9 Å². The number of hydrogen-bond donors (Lipinski definition) is 2. The van der Waals surface area contributed by atoms with Crippen molar-refractivity contribution in [1.82, 2.24) is 4.98 Å². The van der Waals surface area contributed by atoms with Crippen LogP contribution in [0.1, 0.15) is 42.5 Å². The fourth-order valence-electron chi connectivity index (χ4n) is 2.82. The number of aryl methyl sites for hydroxylation is 2. The van der Waals surface area contributed by atoms with Gasteiger partial charge in [0.15, 0.2) is 11.9 Å². The third-order valence-corrected chi connectivity index (χ3v) is 3.97. The summed E-state index contributed by atoms with van der Waals surface area (Å²) in [5, 5.41) is 3.23. The molecule has 1 aromatic heterocycles. The second-order valence-corrected chi connectivity index (χ2v) is 5.55. The summed E-state index contributed by atoms with van der Waals surface area (Å²) < 4.78 is 5.52.